The van der Waals surface area contributed by atoms with Crippen molar-refractivity contribution in [1.82, 2.24) is 10.2 Å². The second-order valence-corrected chi connectivity index (χ2v) is 7.39. The quantitative estimate of drug-likeness (QED) is 0.801. The third-order valence-electron chi connectivity index (χ3n) is 4.54. The van der Waals surface area contributed by atoms with E-state index in [1.54, 1.807) is 11.8 Å². The maximum atomic E-state index is 12.5. The van der Waals surface area contributed by atoms with Gasteiger partial charge in [-0.05, 0) is 38.1 Å². The van der Waals surface area contributed by atoms with E-state index < -0.39 is 0 Å². The molecule has 0 aliphatic carbocycles. The van der Waals surface area contributed by atoms with Gasteiger partial charge in [0.05, 0.1) is 12.5 Å². The number of likely N-dealkylation sites (tertiary alicyclic amines) is 1. The number of thioether (sulfide) groups is 1. The van der Waals surface area contributed by atoms with Gasteiger partial charge in [0.2, 0.25) is 5.91 Å². The third kappa shape index (κ3) is 5.52. The minimum atomic E-state index is -0.00741. The highest BCUT2D eigenvalue weighted by molar-refractivity contribution is 7.99. The van der Waals surface area contributed by atoms with Crippen molar-refractivity contribution in [2.24, 2.45) is 5.92 Å². The average Bonchev–Trinajstić information content (AvgIpc) is 2.57. The van der Waals surface area contributed by atoms with Gasteiger partial charge in [-0.1, -0.05) is 30.3 Å². The third-order valence-corrected chi connectivity index (χ3v) is 5.70. The van der Waals surface area contributed by atoms with Crippen molar-refractivity contribution in [2.45, 2.75) is 37.6 Å². The summed E-state index contributed by atoms with van der Waals surface area (Å²) in [6, 6.07) is 10.4. The molecule has 128 valence electrons. The van der Waals surface area contributed by atoms with Crippen molar-refractivity contribution in [3.8, 4) is 0 Å². The molecular formula is C18H28N2O2S. The van der Waals surface area contributed by atoms with E-state index in [0.717, 1.165) is 32.5 Å². The summed E-state index contributed by atoms with van der Waals surface area (Å²) in [4.78, 5) is 14.9. The Balaban J connectivity index is 1.86. The number of piperidine rings is 1. The topological polar surface area (TPSA) is 52.6 Å². The Hall–Kier alpha value is -1.04. The molecule has 5 heteroatoms. The minimum absolute atomic E-state index is 0.00741. The molecule has 1 aliphatic heterocycles. The first kappa shape index (κ1) is 18.3. The Labute approximate surface area is 143 Å². The normalized spacial score (nSPS) is 21.6. The van der Waals surface area contributed by atoms with Crippen molar-refractivity contribution in [3.63, 3.8) is 0 Å². The highest BCUT2D eigenvalue weighted by Gasteiger charge is 2.27. The number of carbonyl (C=O) groups is 1. The highest BCUT2D eigenvalue weighted by atomic mass is 32.2. The molecule has 0 radical (unpaired) electrons. The molecule has 2 rings (SSSR count). The Kier molecular flexibility index (Phi) is 7.40. The fourth-order valence-electron chi connectivity index (χ4n) is 3.13. The number of hydrogen-bond acceptors (Lipinski definition) is 4. The number of rotatable bonds is 7. The van der Waals surface area contributed by atoms with E-state index >= 15 is 0 Å². The molecule has 1 saturated heterocycles. The first-order chi connectivity index (χ1) is 11.1. The van der Waals surface area contributed by atoms with Crippen molar-refractivity contribution < 1.29 is 9.90 Å². The minimum Gasteiger partial charge on any atom is -0.395 e. The van der Waals surface area contributed by atoms with Crippen molar-refractivity contribution >= 4 is 17.7 Å². The smallest absolute Gasteiger partial charge is 0.224 e. The Bertz CT molecular complexity index is 479. The number of nitrogens with one attached hydrogen (secondary N) is 1. The molecule has 23 heavy (non-hydrogen) atoms. The van der Waals surface area contributed by atoms with Crippen LogP contribution >= 0.6 is 11.8 Å². The standard InChI is InChI=1S/C18H28N2O2S/c1-14(17(13-21)23-2)19-18(22)16-9-6-10-20(12-16)11-15-7-4-3-5-8-15/h3-5,7-8,14,16-17,21H,6,9-13H2,1-2H3,(H,19,22). The van der Waals surface area contributed by atoms with Crippen LogP contribution in [0.2, 0.25) is 0 Å². The summed E-state index contributed by atoms with van der Waals surface area (Å²) in [5, 5.41) is 12.5. The summed E-state index contributed by atoms with van der Waals surface area (Å²) in [6.07, 6.45) is 3.98. The molecule has 1 fully saturated rings. The molecule has 1 aliphatic rings. The molecule has 2 N–H and O–H groups in total. The molecule has 1 aromatic rings. The first-order valence-corrected chi connectivity index (χ1v) is 9.63. The predicted octanol–water partition coefficient (Wildman–Crippen LogP) is 2.13. The molecule has 3 unspecified atom stereocenters. The second kappa shape index (κ2) is 9.30. The SMILES string of the molecule is CSC(CO)C(C)NC(=O)C1CCCN(Cc2ccccc2)C1. The summed E-state index contributed by atoms with van der Waals surface area (Å²) in [6.45, 7) is 4.84. The van der Waals surface area contributed by atoms with Gasteiger partial charge in [0.15, 0.2) is 0 Å². The Morgan fingerprint density at radius 1 is 1.43 bits per heavy atom. The second-order valence-electron chi connectivity index (χ2n) is 6.31. The molecule has 0 spiro atoms. The molecule has 1 aromatic carbocycles. The van der Waals surface area contributed by atoms with Gasteiger partial charge < -0.3 is 10.4 Å². The van der Waals surface area contributed by atoms with E-state index in [1.165, 1.54) is 5.56 Å². The van der Waals surface area contributed by atoms with Gasteiger partial charge >= 0.3 is 0 Å². The van der Waals surface area contributed by atoms with Gasteiger partial charge in [-0.25, -0.2) is 0 Å². The van der Waals surface area contributed by atoms with Crippen LogP contribution in [-0.4, -0.2) is 53.2 Å². The molecule has 0 aromatic heterocycles. The maximum absolute atomic E-state index is 12.5. The van der Waals surface area contributed by atoms with Crippen LogP contribution in [0.15, 0.2) is 30.3 Å². The highest BCUT2D eigenvalue weighted by Crippen LogP contribution is 2.20. The number of aliphatic hydroxyl groups excluding tert-OH is 1. The van der Waals surface area contributed by atoms with Crippen molar-refractivity contribution in [1.29, 1.82) is 0 Å². The van der Waals surface area contributed by atoms with Crippen LogP contribution in [0.1, 0.15) is 25.3 Å². The van der Waals surface area contributed by atoms with Crippen LogP contribution in [0, 0.1) is 5.92 Å². The number of hydrogen-bond donors (Lipinski definition) is 2. The number of aliphatic hydroxyl groups is 1. The van der Waals surface area contributed by atoms with Gasteiger partial charge in [0.1, 0.15) is 0 Å². The van der Waals surface area contributed by atoms with Gasteiger partial charge in [-0.3, -0.25) is 9.69 Å². The number of amides is 1. The van der Waals surface area contributed by atoms with E-state index in [0.29, 0.717) is 0 Å². The maximum Gasteiger partial charge on any atom is 0.224 e. The summed E-state index contributed by atoms with van der Waals surface area (Å²) < 4.78 is 0. The largest absolute Gasteiger partial charge is 0.395 e. The van der Waals surface area contributed by atoms with Gasteiger partial charge in [-0.2, -0.15) is 11.8 Å². The predicted molar refractivity (Wildman–Crippen MR) is 96.4 cm³/mol. The fourth-order valence-corrected chi connectivity index (χ4v) is 3.75. The van der Waals surface area contributed by atoms with Gasteiger partial charge in [-0.15, -0.1) is 0 Å². The van der Waals surface area contributed by atoms with Crippen LogP contribution in [0.4, 0.5) is 0 Å². The summed E-state index contributed by atoms with van der Waals surface area (Å²) >= 11 is 1.59. The molecule has 1 amide bonds. The molecule has 0 saturated carbocycles. The number of carbonyl (C=O) groups excluding carboxylic acids is 1. The Morgan fingerprint density at radius 2 is 2.17 bits per heavy atom. The zero-order valence-electron chi connectivity index (χ0n) is 14.1. The number of benzene rings is 1. The Morgan fingerprint density at radius 3 is 2.83 bits per heavy atom. The van der Waals surface area contributed by atoms with Crippen LogP contribution in [0.5, 0.6) is 0 Å². The summed E-state index contributed by atoms with van der Waals surface area (Å²) in [5.41, 5.74) is 1.30. The van der Waals surface area contributed by atoms with Crippen molar-refractivity contribution in [2.75, 3.05) is 26.0 Å². The zero-order chi connectivity index (χ0) is 16.7. The molecular weight excluding hydrogens is 308 g/mol. The van der Waals surface area contributed by atoms with E-state index in [4.69, 9.17) is 0 Å². The monoisotopic (exact) mass is 336 g/mol. The van der Waals surface area contributed by atoms with Crippen molar-refractivity contribution in [3.05, 3.63) is 35.9 Å². The van der Waals surface area contributed by atoms with Gasteiger partial charge in [0.25, 0.3) is 0 Å². The van der Waals surface area contributed by atoms with E-state index in [1.807, 2.05) is 19.2 Å². The molecule has 0 bridgehead atoms. The zero-order valence-corrected chi connectivity index (χ0v) is 14.9. The van der Waals surface area contributed by atoms with E-state index in [-0.39, 0.29) is 29.7 Å². The molecule has 3 atom stereocenters. The molecule has 1 heterocycles. The van der Waals surface area contributed by atoms with E-state index in [9.17, 15) is 9.90 Å². The van der Waals surface area contributed by atoms with Crippen LogP contribution < -0.4 is 5.32 Å². The van der Waals surface area contributed by atoms with Crippen LogP contribution in [0.3, 0.4) is 0 Å². The lowest BCUT2D eigenvalue weighted by molar-refractivity contribution is -0.127. The molecule has 4 nitrogen and oxygen atoms in total. The lowest BCUT2D eigenvalue weighted by Crippen LogP contribution is -2.48. The lowest BCUT2D eigenvalue weighted by atomic mass is 9.96. The van der Waals surface area contributed by atoms with E-state index in [2.05, 4.69) is 34.5 Å². The summed E-state index contributed by atoms with van der Waals surface area (Å²) in [5.74, 6) is 0.180. The average molecular weight is 337 g/mol. The lowest BCUT2D eigenvalue weighted by Gasteiger charge is -2.33. The summed E-state index contributed by atoms with van der Waals surface area (Å²) in [7, 11) is 0. The number of nitrogens with zero attached hydrogens (tertiary/aromatic N) is 1. The first-order valence-electron chi connectivity index (χ1n) is 8.34. The van der Waals surface area contributed by atoms with Crippen LogP contribution in [0.25, 0.3) is 0 Å². The fraction of sp³-hybridized carbons (Fsp3) is 0.611. The van der Waals surface area contributed by atoms with Crippen LogP contribution in [-0.2, 0) is 11.3 Å². The van der Waals surface area contributed by atoms with Gasteiger partial charge in [0, 0.05) is 24.4 Å².